The number of nitrogens with two attached hydrogens (primary N) is 1. The molecule has 16 heavy (non-hydrogen) atoms. The zero-order chi connectivity index (χ0) is 11.7. The van der Waals surface area contributed by atoms with Crippen molar-refractivity contribution in [2.75, 3.05) is 5.73 Å². The lowest BCUT2D eigenvalue weighted by molar-refractivity contribution is 0.608. The Labute approximate surface area is 92.9 Å². The van der Waals surface area contributed by atoms with Crippen LogP contribution in [0.4, 0.5) is 10.1 Å². The minimum atomic E-state index is -0.341. The van der Waals surface area contributed by atoms with Crippen molar-refractivity contribution in [1.82, 2.24) is 14.8 Å². The molecule has 5 heteroatoms. The van der Waals surface area contributed by atoms with Gasteiger partial charge in [-0.3, -0.25) is 9.67 Å². The van der Waals surface area contributed by atoms with E-state index in [9.17, 15) is 4.39 Å². The molecule has 0 amide bonds. The van der Waals surface area contributed by atoms with Crippen molar-refractivity contribution in [3.8, 4) is 0 Å². The summed E-state index contributed by atoms with van der Waals surface area (Å²) in [6, 6.07) is 1.44. The summed E-state index contributed by atoms with van der Waals surface area (Å²) >= 11 is 0. The predicted molar refractivity (Wildman–Crippen MR) is 59.4 cm³/mol. The van der Waals surface area contributed by atoms with Crippen LogP contribution in [0, 0.1) is 19.7 Å². The molecule has 0 atom stereocenters. The molecule has 2 aromatic heterocycles. The van der Waals surface area contributed by atoms with Crippen LogP contribution in [-0.2, 0) is 6.54 Å². The molecule has 2 heterocycles. The van der Waals surface area contributed by atoms with Crippen LogP contribution in [0.2, 0.25) is 0 Å². The molecule has 0 saturated heterocycles. The minimum Gasteiger partial charge on any atom is -0.396 e. The fourth-order valence-corrected chi connectivity index (χ4v) is 1.58. The largest absolute Gasteiger partial charge is 0.396 e. The quantitative estimate of drug-likeness (QED) is 0.837. The highest BCUT2D eigenvalue weighted by molar-refractivity contribution is 5.47. The van der Waals surface area contributed by atoms with Gasteiger partial charge in [-0.1, -0.05) is 0 Å². The molecule has 0 fully saturated rings. The number of nitrogen functional groups attached to an aromatic ring is 1. The second-order valence-corrected chi connectivity index (χ2v) is 3.75. The van der Waals surface area contributed by atoms with Crippen LogP contribution in [0.25, 0.3) is 0 Å². The molecule has 0 saturated carbocycles. The molecule has 0 radical (unpaired) electrons. The van der Waals surface area contributed by atoms with Gasteiger partial charge in [-0.15, -0.1) is 0 Å². The van der Waals surface area contributed by atoms with Crippen LogP contribution in [0.5, 0.6) is 0 Å². The van der Waals surface area contributed by atoms with Crippen LogP contribution in [0.15, 0.2) is 18.5 Å². The van der Waals surface area contributed by atoms with Crippen molar-refractivity contribution >= 4 is 5.69 Å². The van der Waals surface area contributed by atoms with E-state index in [0.717, 1.165) is 17.0 Å². The van der Waals surface area contributed by atoms with Gasteiger partial charge in [0.1, 0.15) is 5.82 Å². The summed E-state index contributed by atoms with van der Waals surface area (Å²) in [5.74, 6) is -0.341. The van der Waals surface area contributed by atoms with Crippen molar-refractivity contribution in [3.63, 3.8) is 0 Å². The number of aromatic nitrogens is 3. The maximum absolute atomic E-state index is 12.9. The molecule has 0 aliphatic carbocycles. The molecular weight excluding hydrogens is 207 g/mol. The summed E-state index contributed by atoms with van der Waals surface area (Å²) in [5, 5.41) is 4.28. The Morgan fingerprint density at radius 2 is 2.12 bits per heavy atom. The molecule has 0 aliphatic heterocycles. The maximum atomic E-state index is 12.9. The van der Waals surface area contributed by atoms with E-state index in [2.05, 4.69) is 10.1 Å². The highest BCUT2D eigenvalue weighted by Crippen LogP contribution is 2.16. The number of halogens is 1. The van der Waals surface area contributed by atoms with E-state index in [1.165, 1.54) is 12.3 Å². The molecule has 2 aromatic rings. The summed E-state index contributed by atoms with van der Waals surface area (Å²) < 4.78 is 14.7. The van der Waals surface area contributed by atoms with Crippen LogP contribution >= 0.6 is 0 Å². The van der Waals surface area contributed by atoms with E-state index in [0.29, 0.717) is 12.2 Å². The van der Waals surface area contributed by atoms with Gasteiger partial charge in [-0.25, -0.2) is 4.39 Å². The van der Waals surface area contributed by atoms with Crippen molar-refractivity contribution < 1.29 is 4.39 Å². The highest BCUT2D eigenvalue weighted by atomic mass is 19.1. The van der Waals surface area contributed by atoms with E-state index in [4.69, 9.17) is 5.73 Å². The Morgan fingerprint density at radius 1 is 1.38 bits per heavy atom. The van der Waals surface area contributed by atoms with Gasteiger partial charge < -0.3 is 5.73 Å². The molecule has 84 valence electrons. The summed E-state index contributed by atoms with van der Waals surface area (Å²) in [4.78, 5) is 3.79. The molecule has 0 bridgehead atoms. The van der Waals surface area contributed by atoms with E-state index in [1.54, 1.807) is 10.9 Å². The topological polar surface area (TPSA) is 56.7 Å². The lowest BCUT2D eigenvalue weighted by Gasteiger charge is -2.04. The molecule has 4 nitrogen and oxygen atoms in total. The molecule has 0 aromatic carbocycles. The fourth-order valence-electron chi connectivity index (χ4n) is 1.58. The smallest absolute Gasteiger partial charge is 0.141 e. The number of nitrogens with zero attached hydrogens (tertiary/aromatic N) is 3. The van der Waals surface area contributed by atoms with Crippen LogP contribution < -0.4 is 5.73 Å². The van der Waals surface area contributed by atoms with Crippen molar-refractivity contribution in [3.05, 3.63) is 41.2 Å². The first-order valence-electron chi connectivity index (χ1n) is 4.97. The normalized spacial score (nSPS) is 10.7. The van der Waals surface area contributed by atoms with Gasteiger partial charge in [0.25, 0.3) is 0 Å². The van der Waals surface area contributed by atoms with E-state index in [-0.39, 0.29) is 5.82 Å². The minimum absolute atomic E-state index is 0.341. The lowest BCUT2D eigenvalue weighted by Crippen LogP contribution is -2.05. The number of hydrogen-bond donors (Lipinski definition) is 1. The van der Waals surface area contributed by atoms with Gasteiger partial charge in [-0.2, -0.15) is 5.10 Å². The third-order valence-electron chi connectivity index (χ3n) is 2.53. The van der Waals surface area contributed by atoms with Crippen LogP contribution in [-0.4, -0.2) is 14.8 Å². The van der Waals surface area contributed by atoms with Crippen molar-refractivity contribution in [2.24, 2.45) is 0 Å². The first-order chi connectivity index (χ1) is 7.58. The second-order valence-electron chi connectivity index (χ2n) is 3.75. The lowest BCUT2D eigenvalue weighted by atomic mass is 10.2. The molecule has 0 unspecified atom stereocenters. The van der Waals surface area contributed by atoms with Crippen molar-refractivity contribution in [1.29, 1.82) is 0 Å². The number of aryl methyl sites for hydroxylation is 1. The SMILES string of the molecule is Cc1nn(Cc2cncc(F)c2)c(C)c1N. The highest BCUT2D eigenvalue weighted by Gasteiger charge is 2.08. The Balaban J connectivity index is 2.30. The summed E-state index contributed by atoms with van der Waals surface area (Å²) in [5.41, 5.74) is 8.95. The van der Waals surface area contributed by atoms with Gasteiger partial charge in [0.2, 0.25) is 0 Å². The molecular formula is C11H13FN4. The van der Waals surface area contributed by atoms with Gasteiger partial charge in [0.05, 0.1) is 29.8 Å². The Morgan fingerprint density at radius 3 is 2.69 bits per heavy atom. The average Bonchev–Trinajstić information content (AvgIpc) is 2.47. The van der Waals surface area contributed by atoms with Gasteiger partial charge in [0, 0.05) is 6.20 Å². The summed E-state index contributed by atoms with van der Waals surface area (Å²) in [7, 11) is 0. The molecule has 0 spiro atoms. The monoisotopic (exact) mass is 220 g/mol. The maximum Gasteiger partial charge on any atom is 0.141 e. The third kappa shape index (κ3) is 1.88. The summed E-state index contributed by atoms with van der Waals surface area (Å²) in [6.45, 7) is 4.22. The zero-order valence-electron chi connectivity index (χ0n) is 9.24. The molecule has 2 N–H and O–H groups in total. The third-order valence-corrected chi connectivity index (χ3v) is 2.53. The predicted octanol–water partition coefficient (Wildman–Crippen LogP) is 1.66. The van der Waals surface area contributed by atoms with Crippen LogP contribution in [0.3, 0.4) is 0 Å². The number of anilines is 1. The van der Waals surface area contributed by atoms with Gasteiger partial charge >= 0.3 is 0 Å². The Bertz CT molecular complexity index is 519. The Hall–Kier alpha value is -1.91. The van der Waals surface area contributed by atoms with E-state index < -0.39 is 0 Å². The summed E-state index contributed by atoms with van der Waals surface area (Å²) in [6.07, 6.45) is 2.80. The number of rotatable bonds is 2. The average molecular weight is 220 g/mol. The van der Waals surface area contributed by atoms with E-state index in [1.807, 2.05) is 13.8 Å². The van der Waals surface area contributed by atoms with Crippen LogP contribution in [0.1, 0.15) is 17.0 Å². The van der Waals surface area contributed by atoms with E-state index >= 15 is 0 Å². The van der Waals surface area contributed by atoms with Gasteiger partial charge in [0.15, 0.2) is 0 Å². The first-order valence-corrected chi connectivity index (χ1v) is 4.97. The number of hydrogen-bond acceptors (Lipinski definition) is 3. The van der Waals surface area contributed by atoms with Crippen molar-refractivity contribution in [2.45, 2.75) is 20.4 Å². The number of pyridine rings is 1. The fraction of sp³-hybridized carbons (Fsp3) is 0.273. The standard InChI is InChI=1S/C11H13FN4/c1-7-11(13)8(2)16(15-7)6-9-3-10(12)5-14-4-9/h3-5H,6,13H2,1-2H3. The Kier molecular flexibility index (Phi) is 2.60. The second kappa shape index (κ2) is 3.92. The molecule has 0 aliphatic rings. The van der Waals surface area contributed by atoms with Gasteiger partial charge in [-0.05, 0) is 25.5 Å². The zero-order valence-corrected chi connectivity index (χ0v) is 9.24. The first kappa shape index (κ1) is 10.6. The molecule has 2 rings (SSSR count).